The maximum absolute atomic E-state index is 11.8. The normalized spacial score (nSPS) is 18.0. The molecule has 1 saturated carbocycles. The highest BCUT2D eigenvalue weighted by molar-refractivity contribution is 5.81. The van der Waals surface area contributed by atoms with Gasteiger partial charge in [-0.15, -0.1) is 0 Å². The Morgan fingerprint density at radius 1 is 0.800 bits per heavy atom. The van der Waals surface area contributed by atoms with Crippen LogP contribution in [0.15, 0.2) is 12.7 Å². The van der Waals surface area contributed by atoms with Gasteiger partial charge in [-0.05, 0) is 25.7 Å². The van der Waals surface area contributed by atoms with Crippen molar-refractivity contribution < 1.29 is 53.1 Å². The molecule has 0 aromatic rings. The van der Waals surface area contributed by atoms with Gasteiger partial charge in [0, 0.05) is 6.08 Å². The summed E-state index contributed by atoms with van der Waals surface area (Å²) >= 11 is 0. The van der Waals surface area contributed by atoms with E-state index in [2.05, 4.69) is 21.1 Å². The van der Waals surface area contributed by atoms with Crippen LogP contribution in [0.2, 0.25) is 0 Å². The number of hydrogen-bond donors (Lipinski definition) is 1. The molecule has 11 heteroatoms. The van der Waals surface area contributed by atoms with Crippen molar-refractivity contribution in [1.82, 2.24) is 0 Å². The van der Waals surface area contributed by atoms with E-state index in [9.17, 15) is 24.0 Å². The lowest BCUT2D eigenvalue weighted by atomic mass is 9.82. The molecule has 1 fully saturated rings. The van der Waals surface area contributed by atoms with Crippen LogP contribution in [-0.4, -0.2) is 61.4 Å². The Balaban J connectivity index is 2.05. The van der Waals surface area contributed by atoms with Crippen molar-refractivity contribution in [3.8, 4) is 0 Å². The molecule has 1 rings (SSSR count). The molecule has 0 radical (unpaired) electrons. The van der Waals surface area contributed by atoms with Crippen LogP contribution in [0.3, 0.4) is 0 Å². The van der Waals surface area contributed by atoms with Crippen molar-refractivity contribution in [3.05, 3.63) is 12.7 Å². The molecule has 11 nitrogen and oxygen atoms in total. The highest BCUT2D eigenvalue weighted by Crippen LogP contribution is 2.29. The molecule has 0 aromatic carbocycles. The third kappa shape index (κ3) is 10.6. The summed E-state index contributed by atoms with van der Waals surface area (Å²) < 4.78 is 14.6. The second-order valence-electron chi connectivity index (χ2n) is 6.45. The lowest BCUT2D eigenvalue weighted by Gasteiger charge is -2.23. The van der Waals surface area contributed by atoms with E-state index in [1.807, 2.05) is 0 Å². The number of carboxylic acid groups (broad SMARTS) is 1. The summed E-state index contributed by atoms with van der Waals surface area (Å²) in [5.74, 6) is -4.73. The van der Waals surface area contributed by atoms with Crippen LogP contribution in [0.5, 0.6) is 0 Å². The van der Waals surface area contributed by atoms with Gasteiger partial charge in [-0.25, -0.2) is 24.2 Å². The summed E-state index contributed by atoms with van der Waals surface area (Å²) in [5, 5.41) is 8.92. The number of carboxylic acids is 1. The fraction of sp³-hybridized carbons (Fsp3) is 0.632. The van der Waals surface area contributed by atoms with E-state index >= 15 is 0 Å². The minimum absolute atomic E-state index is 0.0444. The number of carbonyl (C=O) groups is 5. The second kappa shape index (κ2) is 14.1. The van der Waals surface area contributed by atoms with Crippen LogP contribution >= 0.6 is 0 Å². The van der Waals surface area contributed by atoms with Gasteiger partial charge in [0.05, 0.1) is 37.9 Å². The van der Waals surface area contributed by atoms with Crippen LogP contribution < -0.4 is 0 Å². The lowest BCUT2D eigenvalue weighted by molar-refractivity contribution is -0.263. The minimum atomic E-state index is -0.903. The predicted octanol–water partition coefficient (Wildman–Crippen LogP) is 0.948. The number of aliphatic carboxylic acids is 1. The summed E-state index contributed by atoms with van der Waals surface area (Å²) in [4.78, 5) is 65.4. The zero-order valence-electron chi connectivity index (χ0n) is 16.5. The molecule has 1 aliphatic rings. The Morgan fingerprint density at radius 2 is 1.37 bits per heavy atom. The van der Waals surface area contributed by atoms with Gasteiger partial charge in [0.15, 0.2) is 0 Å². The first-order valence-electron chi connectivity index (χ1n) is 9.50. The third-order valence-corrected chi connectivity index (χ3v) is 4.29. The van der Waals surface area contributed by atoms with E-state index in [0.29, 0.717) is 25.7 Å². The Bertz CT molecular complexity index is 620. The minimum Gasteiger partial charge on any atom is -0.481 e. The largest absolute Gasteiger partial charge is 0.481 e. The molecule has 0 heterocycles. The number of esters is 2. The maximum Gasteiger partial charge on any atom is 0.358 e. The Morgan fingerprint density at radius 3 is 1.97 bits per heavy atom. The average molecular weight is 430 g/mol. The molecular formula is C19H26O11. The summed E-state index contributed by atoms with van der Waals surface area (Å²) in [6.45, 7) is 3.46. The average Bonchev–Trinajstić information content (AvgIpc) is 2.75. The van der Waals surface area contributed by atoms with E-state index in [1.54, 1.807) is 0 Å². The first-order chi connectivity index (χ1) is 14.3. The lowest BCUT2D eigenvalue weighted by Crippen LogP contribution is -2.27. The summed E-state index contributed by atoms with van der Waals surface area (Å²) in [6, 6.07) is 0. The van der Waals surface area contributed by atoms with Crippen molar-refractivity contribution in [1.29, 1.82) is 0 Å². The van der Waals surface area contributed by atoms with Gasteiger partial charge in [0.1, 0.15) is 13.2 Å². The molecule has 30 heavy (non-hydrogen) atoms. The highest BCUT2D eigenvalue weighted by Gasteiger charge is 2.31. The van der Waals surface area contributed by atoms with Gasteiger partial charge in [-0.3, -0.25) is 9.59 Å². The fourth-order valence-electron chi connectivity index (χ4n) is 2.63. The van der Waals surface area contributed by atoms with E-state index in [4.69, 9.17) is 14.6 Å². The number of rotatable bonds is 12. The number of ether oxygens (including phenoxy) is 3. The standard InChI is InChI=1S/C19H26O11/c1-2-15(20)27-11-9-26-10-12-28-16(21)7-8-17(22)29-30-19(25)14-5-3-13(4-6-14)18(23)24/h2,13-14H,1,3-12H2,(H,23,24)/t13-,14-. The van der Waals surface area contributed by atoms with Crippen molar-refractivity contribution in [3.63, 3.8) is 0 Å². The van der Waals surface area contributed by atoms with Gasteiger partial charge in [-0.2, -0.15) is 0 Å². The summed E-state index contributed by atoms with van der Waals surface area (Å²) in [7, 11) is 0. The molecule has 0 aliphatic heterocycles. The monoisotopic (exact) mass is 430 g/mol. The first kappa shape index (κ1) is 25.1. The second-order valence-corrected chi connectivity index (χ2v) is 6.45. The zero-order chi connectivity index (χ0) is 22.4. The topological polar surface area (TPSA) is 152 Å². The van der Waals surface area contributed by atoms with Crippen LogP contribution in [0.25, 0.3) is 0 Å². The highest BCUT2D eigenvalue weighted by atomic mass is 17.2. The SMILES string of the molecule is C=CC(=O)OCCOCCOC(=O)CCC(=O)OOC(=O)[C@H]1CC[C@H](C(=O)O)CC1. The van der Waals surface area contributed by atoms with E-state index in [-0.39, 0.29) is 39.3 Å². The Kier molecular flexibility index (Phi) is 11.8. The summed E-state index contributed by atoms with van der Waals surface area (Å²) in [6.07, 6.45) is 1.83. The molecule has 0 spiro atoms. The zero-order valence-corrected chi connectivity index (χ0v) is 16.5. The van der Waals surface area contributed by atoms with Gasteiger partial charge >= 0.3 is 29.8 Å². The molecule has 0 amide bonds. The smallest absolute Gasteiger partial charge is 0.358 e. The Hall–Kier alpha value is -2.95. The van der Waals surface area contributed by atoms with E-state index < -0.39 is 41.7 Å². The van der Waals surface area contributed by atoms with Crippen molar-refractivity contribution in [2.75, 3.05) is 26.4 Å². The molecule has 1 aliphatic carbocycles. The van der Waals surface area contributed by atoms with Crippen LogP contribution in [-0.2, 0) is 48.0 Å². The molecule has 168 valence electrons. The fourth-order valence-corrected chi connectivity index (χ4v) is 2.63. The van der Waals surface area contributed by atoms with Crippen LogP contribution in [0.4, 0.5) is 0 Å². The van der Waals surface area contributed by atoms with Gasteiger partial charge in [0.2, 0.25) is 0 Å². The Labute approximate surface area is 173 Å². The molecule has 0 saturated heterocycles. The first-order valence-corrected chi connectivity index (χ1v) is 9.50. The third-order valence-electron chi connectivity index (χ3n) is 4.29. The van der Waals surface area contributed by atoms with E-state index in [1.165, 1.54) is 0 Å². The molecule has 0 atom stereocenters. The predicted molar refractivity (Wildman–Crippen MR) is 97.4 cm³/mol. The number of hydrogen-bond acceptors (Lipinski definition) is 10. The maximum atomic E-state index is 11.8. The van der Waals surface area contributed by atoms with Gasteiger partial charge in [-0.1, -0.05) is 6.58 Å². The molecule has 0 aromatic heterocycles. The van der Waals surface area contributed by atoms with Crippen molar-refractivity contribution in [2.45, 2.75) is 38.5 Å². The summed E-state index contributed by atoms with van der Waals surface area (Å²) in [5.41, 5.74) is 0. The quantitative estimate of drug-likeness (QED) is 0.155. The van der Waals surface area contributed by atoms with Crippen LogP contribution in [0, 0.1) is 11.8 Å². The number of carbonyl (C=O) groups excluding carboxylic acids is 4. The molecule has 0 unspecified atom stereocenters. The van der Waals surface area contributed by atoms with Crippen molar-refractivity contribution in [2.24, 2.45) is 11.8 Å². The van der Waals surface area contributed by atoms with Crippen molar-refractivity contribution >= 4 is 29.8 Å². The van der Waals surface area contributed by atoms with Gasteiger partial charge in [0.25, 0.3) is 0 Å². The molecule has 0 bridgehead atoms. The van der Waals surface area contributed by atoms with Crippen LogP contribution in [0.1, 0.15) is 38.5 Å². The van der Waals surface area contributed by atoms with E-state index in [0.717, 1.165) is 6.08 Å². The van der Waals surface area contributed by atoms with Gasteiger partial charge < -0.3 is 19.3 Å². The molecule has 1 N–H and O–H groups in total. The molecular weight excluding hydrogens is 404 g/mol.